The largest absolute Gasteiger partial charge is 0.340 e. The van der Waals surface area contributed by atoms with Gasteiger partial charge in [-0.1, -0.05) is 11.6 Å². The van der Waals surface area contributed by atoms with Gasteiger partial charge in [0, 0.05) is 28.5 Å². The van der Waals surface area contributed by atoms with Crippen LogP contribution in [-0.4, -0.2) is 29.8 Å². The first-order valence-electron chi connectivity index (χ1n) is 4.76. The van der Waals surface area contributed by atoms with E-state index in [4.69, 9.17) is 23.2 Å². The van der Waals surface area contributed by atoms with Crippen molar-refractivity contribution in [2.24, 2.45) is 0 Å². The van der Waals surface area contributed by atoms with Crippen LogP contribution in [0.5, 0.6) is 0 Å². The SMILES string of the molecule is CC(Cl)CN(C)C(=O)c1ccc(Cl)cc1Br. The van der Waals surface area contributed by atoms with Crippen LogP contribution < -0.4 is 0 Å². The lowest BCUT2D eigenvalue weighted by molar-refractivity contribution is 0.0795. The minimum Gasteiger partial charge on any atom is -0.340 e. The summed E-state index contributed by atoms with van der Waals surface area (Å²) in [6.07, 6.45) is 0. The summed E-state index contributed by atoms with van der Waals surface area (Å²) in [4.78, 5) is 13.6. The van der Waals surface area contributed by atoms with Crippen molar-refractivity contribution < 1.29 is 4.79 Å². The standard InChI is InChI=1S/C11H12BrCl2NO/c1-7(13)6-15(2)11(16)9-4-3-8(14)5-10(9)12/h3-5,7H,6H2,1-2H3. The Labute approximate surface area is 114 Å². The van der Waals surface area contributed by atoms with E-state index in [1.54, 1.807) is 30.1 Å². The van der Waals surface area contributed by atoms with Gasteiger partial charge in [0.25, 0.3) is 5.91 Å². The van der Waals surface area contributed by atoms with Crippen LogP contribution in [0.15, 0.2) is 22.7 Å². The summed E-state index contributed by atoms with van der Waals surface area (Å²) in [5.41, 5.74) is 0.587. The summed E-state index contributed by atoms with van der Waals surface area (Å²) in [6.45, 7) is 2.36. The van der Waals surface area contributed by atoms with Crippen molar-refractivity contribution in [1.82, 2.24) is 4.90 Å². The van der Waals surface area contributed by atoms with Gasteiger partial charge in [-0.2, -0.15) is 0 Å². The minimum atomic E-state index is -0.0731. The van der Waals surface area contributed by atoms with Gasteiger partial charge in [-0.05, 0) is 41.1 Å². The number of hydrogen-bond acceptors (Lipinski definition) is 1. The van der Waals surface area contributed by atoms with Crippen molar-refractivity contribution in [2.45, 2.75) is 12.3 Å². The average molecular weight is 325 g/mol. The molecular formula is C11H12BrCl2NO. The van der Waals surface area contributed by atoms with Crippen molar-refractivity contribution in [3.8, 4) is 0 Å². The van der Waals surface area contributed by atoms with Gasteiger partial charge in [-0.15, -0.1) is 11.6 Å². The zero-order chi connectivity index (χ0) is 12.3. The number of carbonyl (C=O) groups is 1. The van der Waals surface area contributed by atoms with Gasteiger partial charge in [0.15, 0.2) is 0 Å². The number of benzene rings is 1. The molecule has 0 aliphatic rings. The van der Waals surface area contributed by atoms with Crippen molar-refractivity contribution in [2.75, 3.05) is 13.6 Å². The maximum Gasteiger partial charge on any atom is 0.254 e. The Bertz CT molecular complexity index is 396. The van der Waals surface area contributed by atoms with E-state index in [2.05, 4.69) is 15.9 Å². The maximum absolute atomic E-state index is 12.0. The van der Waals surface area contributed by atoms with Gasteiger partial charge in [0.2, 0.25) is 0 Å². The van der Waals surface area contributed by atoms with Crippen molar-refractivity contribution in [1.29, 1.82) is 0 Å². The Morgan fingerprint density at radius 3 is 2.69 bits per heavy atom. The van der Waals surface area contributed by atoms with E-state index in [0.29, 0.717) is 21.6 Å². The number of amides is 1. The fourth-order valence-electron chi connectivity index (χ4n) is 1.33. The molecule has 0 N–H and O–H groups in total. The molecule has 16 heavy (non-hydrogen) atoms. The third kappa shape index (κ3) is 3.65. The second-order valence-corrected chi connectivity index (χ2v) is 5.63. The lowest BCUT2D eigenvalue weighted by atomic mass is 10.2. The summed E-state index contributed by atoms with van der Waals surface area (Å²) in [5, 5.41) is 0.525. The Hall–Kier alpha value is -0.250. The Morgan fingerprint density at radius 2 is 2.19 bits per heavy atom. The van der Waals surface area contributed by atoms with Crippen molar-refractivity contribution >= 4 is 45.0 Å². The van der Waals surface area contributed by atoms with Crippen LogP contribution in [0.4, 0.5) is 0 Å². The number of nitrogens with zero attached hydrogens (tertiary/aromatic N) is 1. The highest BCUT2D eigenvalue weighted by Crippen LogP contribution is 2.22. The van der Waals surface area contributed by atoms with E-state index in [1.807, 2.05) is 6.92 Å². The van der Waals surface area contributed by atoms with Crippen LogP contribution in [0.25, 0.3) is 0 Å². The first-order valence-corrected chi connectivity index (χ1v) is 6.37. The predicted octanol–water partition coefficient (Wildman–Crippen LogP) is 3.80. The molecule has 0 aromatic heterocycles. The summed E-state index contributed by atoms with van der Waals surface area (Å²) in [7, 11) is 1.72. The molecular weight excluding hydrogens is 313 g/mol. The highest BCUT2D eigenvalue weighted by atomic mass is 79.9. The van der Waals surface area contributed by atoms with Crippen LogP contribution in [0.1, 0.15) is 17.3 Å². The molecule has 0 aliphatic heterocycles. The Kier molecular flexibility index (Phi) is 5.09. The normalized spacial score (nSPS) is 12.3. The van der Waals surface area contributed by atoms with Gasteiger partial charge >= 0.3 is 0 Å². The summed E-state index contributed by atoms with van der Waals surface area (Å²) in [6, 6.07) is 5.09. The lowest BCUT2D eigenvalue weighted by Crippen LogP contribution is -2.31. The van der Waals surface area contributed by atoms with E-state index < -0.39 is 0 Å². The third-order valence-electron chi connectivity index (χ3n) is 2.03. The molecule has 0 saturated heterocycles. The molecule has 1 aromatic rings. The minimum absolute atomic E-state index is 0.0694. The number of alkyl halides is 1. The van der Waals surface area contributed by atoms with Gasteiger partial charge in [0.1, 0.15) is 0 Å². The van der Waals surface area contributed by atoms with Gasteiger partial charge < -0.3 is 4.90 Å². The molecule has 1 amide bonds. The molecule has 1 unspecified atom stereocenters. The van der Waals surface area contributed by atoms with Gasteiger partial charge in [-0.3, -0.25) is 4.79 Å². The third-order valence-corrected chi connectivity index (χ3v) is 3.06. The monoisotopic (exact) mass is 323 g/mol. The number of hydrogen-bond donors (Lipinski definition) is 0. The van der Waals surface area contributed by atoms with Gasteiger partial charge in [0.05, 0.1) is 5.56 Å². The van der Waals surface area contributed by atoms with E-state index in [-0.39, 0.29) is 11.3 Å². The molecule has 0 fully saturated rings. The second kappa shape index (κ2) is 5.89. The quantitative estimate of drug-likeness (QED) is 0.774. The zero-order valence-corrected chi connectivity index (χ0v) is 12.1. The summed E-state index contributed by atoms with van der Waals surface area (Å²) in [5.74, 6) is -0.0731. The molecule has 0 saturated carbocycles. The highest BCUT2D eigenvalue weighted by molar-refractivity contribution is 9.10. The van der Waals surface area contributed by atoms with Crippen LogP contribution in [0, 0.1) is 0 Å². The lowest BCUT2D eigenvalue weighted by Gasteiger charge is -2.19. The summed E-state index contributed by atoms with van der Waals surface area (Å²) >= 11 is 15.0. The van der Waals surface area contributed by atoms with E-state index >= 15 is 0 Å². The van der Waals surface area contributed by atoms with E-state index in [0.717, 1.165) is 0 Å². The van der Waals surface area contributed by atoms with Crippen LogP contribution >= 0.6 is 39.1 Å². The molecule has 88 valence electrons. The molecule has 1 atom stereocenters. The molecule has 0 radical (unpaired) electrons. The first-order chi connectivity index (χ1) is 7.41. The molecule has 5 heteroatoms. The smallest absolute Gasteiger partial charge is 0.254 e. The molecule has 2 nitrogen and oxygen atoms in total. The number of carbonyl (C=O) groups excluding carboxylic acids is 1. The fourth-order valence-corrected chi connectivity index (χ4v) is 2.39. The number of halogens is 3. The van der Waals surface area contributed by atoms with Crippen LogP contribution in [0.3, 0.4) is 0 Å². The number of rotatable bonds is 3. The summed E-state index contributed by atoms with van der Waals surface area (Å²) < 4.78 is 0.694. The molecule has 0 aliphatic carbocycles. The van der Waals surface area contributed by atoms with Crippen molar-refractivity contribution in [3.63, 3.8) is 0 Å². The molecule has 0 bridgehead atoms. The Balaban J connectivity index is 2.88. The zero-order valence-electron chi connectivity index (χ0n) is 9.01. The van der Waals surface area contributed by atoms with Crippen LogP contribution in [0.2, 0.25) is 5.02 Å². The molecule has 0 spiro atoms. The molecule has 1 rings (SSSR count). The first kappa shape index (κ1) is 13.8. The van der Waals surface area contributed by atoms with E-state index in [9.17, 15) is 4.79 Å². The van der Waals surface area contributed by atoms with Gasteiger partial charge in [-0.25, -0.2) is 0 Å². The highest BCUT2D eigenvalue weighted by Gasteiger charge is 2.16. The van der Waals surface area contributed by atoms with Crippen LogP contribution in [-0.2, 0) is 0 Å². The predicted molar refractivity (Wildman–Crippen MR) is 71.4 cm³/mol. The maximum atomic E-state index is 12.0. The van der Waals surface area contributed by atoms with Crippen molar-refractivity contribution in [3.05, 3.63) is 33.3 Å². The average Bonchev–Trinajstić information content (AvgIpc) is 2.15. The Morgan fingerprint density at radius 1 is 1.56 bits per heavy atom. The molecule has 1 aromatic carbocycles. The fraction of sp³-hybridized carbons (Fsp3) is 0.364. The van der Waals surface area contributed by atoms with E-state index in [1.165, 1.54) is 0 Å². The molecule has 0 heterocycles. The topological polar surface area (TPSA) is 20.3 Å². The second-order valence-electron chi connectivity index (χ2n) is 3.59.